The van der Waals surface area contributed by atoms with Crippen LogP contribution >= 0.6 is 0 Å². The Hall–Kier alpha value is -4.47. The van der Waals surface area contributed by atoms with Crippen LogP contribution in [0.4, 0.5) is 0 Å². The van der Waals surface area contributed by atoms with Gasteiger partial charge in [0.2, 0.25) is 0 Å². The second kappa shape index (κ2) is 11.3. The Morgan fingerprint density at radius 2 is 1.39 bits per heavy atom. The summed E-state index contributed by atoms with van der Waals surface area (Å²) in [5, 5.41) is 41.0. The van der Waals surface area contributed by atoms with E-state index in [2.05, 4.69) is 5.32 Å². The van der Waals surface area contributed by atoms with Crippen molar-refractivity contribution < 1.29 is 44.3 Å². The highest BCUT2D eigenvalue weighted by atomic mass is 16.6. The molecule has 10 nitrogen and oxygen atoms in total. The third-order valence-electron chi connectivity index (χ3n) is 6.39. The van der Waals surface area contributed by atoms with Gasteiger partial charge in [-0.15, -0.1) is 0 Å². The van der Waals surface area contributed by atoms with E-state index in [1.807, 2.05) is 0 Å². The molecule has 200 valence electrons. The maximum Gasteiger partial charge on any atom is 0.331 e. The number of benzene rings is 2. The Morgan fingerprint density at radius 3 is 1.95 bits per heavy atom. The van der Waals surface area contributed by atoms with Crippen LogP contribution in [-0.4, -0.2) is 56.0 Å². The summed E-state index contributed by atoms with van der Waals surface area (Å²) in [4.78, 5) is 38.4. The van der Waals surface area contributed by atoms with E-state index < -0.39 is 29.6 Å². The predicted octanol–water partition coefficient (Wildman–Crippen LogP) is 3.28. The zero-order chi connectivity index (χ0) is 27.3. The van der Waals surface area contributed by atoms with Gasteiger partial charge in [-0.1, -0.05) is 12.1 Å². The predicted molar refractivity (Wildman–Crippen MR) is 136 cm³/mol. The smallest absolute Gasteiger partial charge is 0.331 e. The van der Waals surface area contributed by atoms with Gasteiger partial charge in [-0.05, 0) is 79.6 Å². The van der Waals surface area contributed by atoms with E-state index in [1.54, 1.807) is 0 Å². The summed E-state index contributed by atoms with van der Waals surface area (Å²) >= 11 is 0. The molecule has 0 radical (unpaired) electrons. The molecule has 0 saturated heterocycles. The number of rotatable bonds is 8. The molecule has 2 aliphatic carbocycles. The number of hydrogen-bond donors (Lipinski definition) is 5. The minimum atomic E-state index is -1.52. The van der Waals surface area contributed by atoms with E-state index in [9.17, 15) is 34.8 Å². The van der Waals surface area contributed by atoms with Crippen LogP contribution in [0.15, 0.2) is 48.6 Å². The van der Waals surface area contributed by atoms with E-state index in [4.69, 9.17) is 9.47 Å². The molecule has 10 heteroatoms. The summed E-state index contributed by atoms with van der Waals surface area (Å²) in [7, 11) is 0. The number of aromatic hydroxyl groups is 4. The molecular weight excluding hydrogens is 494 g/mol. The number of nitrogens with one attached hydrogen (secondary N) is 1. The topological polar surface area (TPSA) is 163 Å². The van der Waals surface area contributed by atoms with Crippen molar-refractivity contribution in [2.75, 3.05) is 0 Å². The first-order valence-electron chi connectivity index (χ1n) is 12.3. The van der Waals surface area contributed by atoms with Crippen LogP contribution in [0.2, 0.25) is 0 Å². The van der Waals surface area contributed by atoms with Crippen LogP contribution in [-0.2, 0) is 23.9 Å². The van der Waals surface area contributed by atoms with Crippen molar-refractivity contribution in [2.24, 2.45) is 0 Å². The Morgan fingerprint density at radius 1 is 0.816 bits per heavy atom. The zero-order valence-electron chi connectivity index (χ0n) is 20.5. The first-order chi connectivity index (χ1) is 18.1. The lowest BCUT2D eigenvalue weighted by atomic mass is 9.82. The molecule has 2 aromatic carbocycles. The average molecular weight is 524 g/mol. The zero-order valence-corrected chi connectivity index (χ0v) is 20.5. The minimum absolute atomic E-state index is 0.00922. The Kier molecular flexibility index (Phi) is 7.90. The molecule has 0 spiro atoms. The molecule has 4 rings (SSSR count). The van der Waals surface area contributed by atoms with Crippen LogP contribution in [0.1, 0.15) is 49.7 Å². The number of hydrogen-bond acceptors (Lipinski definition) is 9. The molecule has 38 heavy (non-hydrogen) atoms. The maximum atomic E-state index is 13.2. The molecule has 2 atom stereocenters. The SMILES string of the molecule is O=C(/C=C/c1ccc(O)c(O)c1)O[C@H]1CCCC(OC(=O)/C=C/c2ccc(O)c(O)c2)(C(=O)NC2CC2)C1. The van der Waals surface area contributed by atoms with Crippen molar-refractivity contribution in [3.05, 3.63) is 59.7 Å². The normalized spacial score (nSPS) is 21.3. The third kappa shape index (κ3) is 6.84. The molecule has 2 saturated carbocycles. The fraction of sp³-hybridized carbons (Fsp3) is 0.321. The second-order valence-electron chi connectivity index (χ2n) is 9.48. The largest absolute Gasteiger partial charge is 0.504 e. The first-order valence-corrected chi connectivity index (χ1v) is 12.3. The van der Waals surface area contributed by atoms with Gasteiger partial charge in [0.25, 0.3) is 5.91 Å². The van der Waals surface area contributed by atoms with Crippen molar-refractivity contribution in [1.29, 1.82) is 0 Å². The number of amides is 1. The van der Waals surface area contributed by atoms with E-state index in [-0.39, 0.29) is 41.9 Å². The Balaban J connectivity index is 1.44. The quantitative estimate of drug-likeness (QED) is 0.198. The lowest BCUT2D eigenvalue weighted by molar-refractivity contribution is -0.175. The van der Waals surface area contributed by atoms with Crippen molar-refractivity contribution >= 4 is 30.0 Å². The third-order valence-corrected chi connectivity index (χ3v) is 6.39. The highest BCUT2D eigenvalue weighted by Crippen LogP contribution is 2.36. The summed E-state index contributed by atoms with van der Waals surface area (Å²) in [5.74, 6) is -3.11. The Labute approximate surface area is 218 Å². The number of ether oxygens (including phenoxy) is 2. The fourth-order valence-electron chi connectivity index (χ4n) is 4.22. The molecular formula is C28H29NO9. The van der Waals surface area contributed by atoms with Crippen molar-refractivity contribution in [3.8, 4) is 23.0 Å². The highest BCUT2D eigenvalue weighted by molar-refractivity contribution is 5.93. The average Bonchev–Trinajstić information content (AvgIpc) is 3.69. The summed E-state index contributed by atoms with van der Waals surface area (Å²) in [6, 6.07) is 8.18. The van der Waals surface area contributed by atoms with Gasteiger partial charge in [0.05, 0.1) is 0 Å². The molecule has 2 aliphatic rings. The van der Waals surface area contributed by atoms with Gasteiger partial charge in [0.15, 0.2) is 28.6 Å². The molecule has 0 aromatic heterocycles. The standard InChI is InChI=1S/C28H29NO9/c30-21-9-3-17(14-23(21)32)5-11-25(34)37-20-2-1-13-28(16-20,27(36)29-19-7-8-19)38-26(35)12-6-18-4-10-22(31)24(33)15-18/h3-6,9-12,14-15,19-20,30-33H,1-2,7-8,13,16H2,(H,29,36)/b11-5+,12-6+/t20-,28?/m0/s1. The van der Waals surface area contributed by atoms with Crippen LogP contribution in [0.5, 0.6) is 23.0 Å². The lowest BCUT2D eigenvalue weighted by Gasteiger charge is -2.38. The summed E-state index contributed by atoms with van der Waals surface area (Å²) < 4.78 is 11.3. The van der Waals surface area contributed by atoms with E-state index >= 15 is 0 Å². The fourth-order valence-corrected chi connectivity index (χ4v) is 4.22. The molecule has 5 N–H and O–H groups in total. The van der Waals surface area contributed by atoms with Crippen molar-refractivity contribution in [3.63, 3.8) is 0 Å². The van der Waals surface area contributed by atoms with Gasteiger partial charge < -0.3 is 35.2 Å². The monoisotopic (exact) mass is 523 g/mol. The molecule has 2 fully saturated rings. The summed E-state index contributed by atoms with van der Waals surface area (Å²) in [6.45, 7) is 0. The number of carbonyl (C=O) groups is 3. The van der Waals surface area contributed by atoms with Gasteiger partial charge in [0.1, 0.15) is 6.10 Å². The van der Waals surface area contributed by atoms with Crippen LogP contribution in [0.3, 0.4) is 0 Å². The van der Waals surface area contributed by atoms with Crippen molar-refractivity contribution in [1.82, 2.24) is 5.32 Å². The number of esters is 2. The Bertz CT molecular complexity index is 1280. The van der Waals surface area contributed by atoms with Gasteiger partial charge >= 0.3 is 11.9 Å². The van der Waals surface area contributed by atoms with Crippen LogP contribution in [0.25, 0.3) is 12.2 Å². The first kappa shape index (κ1) is 26.6. The van der Waals surface area contributed by atoms with E-state index in [1.165, 1.54) is 54.6 Å². The van der Waals surface area contributed by atoms with E-state index in [0.717, 1.165) is 18.9 Å². The number of carbonyl (C=O) groups excluding carboxylic acids is 3. The van der Waals surface area contributed by atoms with Gasteiger partial charge in [-0.25, -0.2) is 9.59 Å². The maximum absolute atomic E-state index is 13.2. The van der Waals surface area contributed by atoms with Gasteiger partial charge in [-0.3, -0.25) is 4.79 Å². The molecule has 0 aliphatic heterocycles. The molecule has 2 aromatic rings. The van der Waals surface area contributed by atoms with Crippen LogP contribution in [0, 0.1) is 0 Å². The number of phenols is 4. The molecule has 1 amide bonds. The number of phenolic OH excluding ortho intramolecular Hbond substituents is 4. The van der Waals surface area contributed by atoms with Gasteiger partial charge in [-0.2, -0.15) is 0 Å². The second-order valence-corrected chi connectivity index (χ2v) is 9.48. The summed E-state index contributed by atoms with van der Waals surface area (Å²) in [5.41, 5.74) is -0.601. The van der Waals surface area contributed by atoms with Gasteiger partial charge in [0, 0.05) is 24.6 Å². The summed E-state index contributed by atoms with van der Waals surface area (Å²) in [6.07, 6.45) is 7.34. The van der Waals surface area contributed by atoms with Crippen molar-refractivity contribution in [2.45, 2.75) is 56.3 Å². The lowest BCUT2D eigenvalue weighted by Crippen LogP contribution is -2.54. The van der Waals surface area contributed by atoms with E-state index in [0.29, 0.717) is 24.0 Å². The highest BCUT2D eigenvalue weighted by Gasteiger charge is 2.48. The van der Waals surface area contributed by atoms with Crippen LogP contribution < -0.4 is 5.32 Å². The minimum Gasteiger partial charge on any atom is -0.504 e. The molecule has 0 heterocycles. The molecule has 1 unspecified atom stereocenters. The molecule has 0 bridgehead atoms.